The van der Waals surface area contributed by atoms with E-state index in [9.17, 15) is 0 Å². The van der Waals surface area contributed by atoms with Gasteiger partial charge in [0.05, 0.1) is 7.11 Å². The van der Waals surface area contributed by atoms with Crippen LogP contribution in [0.15, 0.2) is 30.6 Å². The minimum absolute atomic E-state index is 0.409. The fraction of sp³-hybridized carbons (Fsp3) is 0.375. The molecule has 0 bridgehead atoms. The van der Waals surface area contributed by atoms with Gasteiger partial charge in [-0.15, -0.1) is 0 Å². The number of nitrogens with one attached hydrogen (secondary N) is 1. The molecule has 21 heavy (non-hydrogen) atoms. The smallest absolute Gasteiger partial charge is 0.268 e. The zero-order chi connectivity index (χ0) is 15.1. The van der Waals surface area contributed by atoms with Crippen molar-refractivity contribution in [2.45, 2.75) is 26.7 Å². The number of aromatic nitrogens is 2. The van der Waals surface area contributed by atoms with Crippen LogP contribution in [0.2, 0.25) is 0 Å². The first-order valence-electron chi connectivity index (χ1n) is 7.18. The topological polar surface area (TPSA) is 56.3 Å². The fourth-order valence-electron chi connectivity index (χ4n) is 2.03. The SMILES string of the molecule is CCCc1ccc(Oc2ncnc(NCC)c2OC)cc1. The Morgan fingerprint density at radius 2 is 1.86 bits per heavy atom. The summed E-state index contributed by atoms with van der Waals surface area (Å²) in [4.78, 5) is 8.30. The number of hydrogen-bond donors (Lipinski definition) is 1. The summed E-state index contributed by atoms with van der Waals surface area (Å²) in [7, 11) is 1.58. The largest absolute Gasteiger partial charge is 0.489 e. The fourth-order valence-corrected chi connectivity index (χ4v) is 2.03. The minimum Gasteiger partial charge on any atom is -0.489 e. The predicted octanol–water partition coefficient (Wildman–Crippen LogP) is 3.66. The van der Waals surface area contributed by atoms with E-state index in [1.807, 2.05) is 19.1 Å². The third-order valence-electron chi connectivity index (χ3n) is 3.00. The molecule has 0 saturated heterocycles. The Hall–Kier alpha value is -2.30. The number of rotatable bonds is 7. The molecular weight excluding hydrogens is 266 g/mol. The van der Waals surface area contributed by atoms with Gasteiger partial charge in [0.15, 0.2) is 5.82 Å². The Morgan fingerprint density at radius 1 is 1.10 bits per heavy atom. The lowest BCUT2D eigenvalue weighted by Crippen LogP contribution is -2.04. The van der Waals surface area contributed by atoms with Crippen LogP contribution in [0.5, 0.6) is 17.4 Å². The molecule has 0 aliphatic heterocycles. The van der Waals surface area contributed by atoms with Gasteiger partial charge in [0, 0.05) is 6.54 Å². The van der Waals surface area contributed by atoms with Crippen LogP contribution in [0.3, 0.4) is 0 Å². The van der Waals surface area contributed by atoms with Crippen molar-refractivity contribution in [1.29, 1.82) is 0 Å². The standard InChI is InChI=1S/C16H21N3O2/c1-4-6-12-7-9-13(10-8-12)21-16-14(20-3)15(17-5-2)18-11-19-16/h7-11H,4-6H2,1-3H3,(H,17,18,19). The van der Waals surface area contributed by atoms with Gasteiger partial charge in [0.2, 0.25) is 5.75 Å². The highest BCUT2D eigenvalue weighted by Crippen LogP contribution is 2.34. The van der Waals surface area contributed by atoms with Crippen molar-refractivity contribution in [2.24, 2.45) is 0 Å². The zero-order valence-corrected chi connectivity index (χ0v) is 12.7. The molecule has 0 spiro atoms. The van der Waals surface area contributed by atoms with Crippen LogP contribution in [-0.4, -0.2) is 23.6 Å². The molecule has 0 saturated carbocycles. The molecule has 1 heterocycles. The van der Waals surface area contributed by atoms with Gasteiger partial charge in [-0.1, -0.05) is 25.5 Å². The van der Waals surface area contributed by atoms with E-state index in [2.05, 4.69) is 34.3 Å². The molecule has 0 unspecified atom stereocenters. The molecule has 1 aromatic heterocycles. The molecule has 0 amide bonds. The number of hydrogen-bond acceptors (Lipinski definition) is 5. The highest BCUT2D eigenvalue weighted by Gasteiger charge is 2.13. The zero-order valence-electron chi connectivity index (χ0n) is 12.7. The second-order valence-corrected chi connectivity index (χ2v) is 4.59. The van der Waals surface area contributed by atoms with Crippen LogP contribution >= 0.6 is 0 Å². The van der Waals surface area contributed by atoms with Crippen molar-refractivity contribution in [3.8, 4) is 17.4 Å². The number of benzene rings is 1. The highest BCUT2D eigenvalue weighted by molar-refractivity contribution is 5.55. The van der Waals surface area contributed by atoms with E-state index >= 15 is 0 Å². The third-order valence-corrected chi connectivity index (χ3v) is 3.00. The molecule has 5 nitrogen and oxygen atoms in total. The van der Waals surface area contributed by atoms with Crippen LogP contribution < -0.4 is 14.8 Å². The van der Waals surface area contributed by atoms with Gasteiger partial charge in [-0.05, 0) is 31.0 Å². The Kier molecular flexibility index (Phi) is 5.37. The van der Waals surface area contributed by atoms with Crippen molar-refractivity contribution in [1.82, 2.24) is 9.97 Å². The van der Waals surface area contributed by atoms with Gasteiger partial charge in [0.1, 0.15) is 12.1 Å². The van der Waals surface area contributed by atoms with Crippen LogP contribution in [0.1, 0.15) is 25.8 Å². The number of ether oxygens (including phenoxy) is 2. The van der Waals surface area contributed by atoms with Gasteiger partial charge in [-0.25, -0.2) is 4.98 Å². The number of nitrogens with zero attached hydrogens (tertiary/aromatic N) is 2. The van der Waals surface area contributed by atoms with Gasteiger partial charge < -0.3 is 14.8 Å². The van der Waals surface area contributed by atoms with Gasteiger partial charge in [-0.3, -0.25) is 0 Å². The van der Waals surface area contributed by atoms with Crippen molar-refractivity contribution in [2.75, 3.05) is 19.0 Å². The summed E-state index contributed by atoms with van der Waals surface area (Å²) in [5.74, 6) is 2.28. The first kappa shape index (κ1) is 15.1. The maximum atomic E-state index is 5.80. The summed E-state index contributed by atoms with van der Waals surface area (Å²) in [5, 5.41) is 3.12. The Labute approximate surface area is 125 Å². The summed E-state index contributed by atoms with van der Waals surface area (Å²) in [6.45, 7) is 4.91. The van der Waals surface area contributed by atoms with E-state index < -0.39 is 0 Å². The monoisotopic (exact) mass is 287 g/mol. The maximum Gasteiger partial charge on any atom is 0.268 e. The summed E-state index contributed by atoms with van der Waals surface area (Å²) in [6.07, 6.45) is 3.66. The molecule has 0 radical (unpaired) electrons. The average Bonchev–Trinajstić information content (AvgIpc) is 2.50. The molecule has 0 fully saturated rings. The average molecular weight is 287 g/mol. The number of methoxy groups -OCH3 is 1. The molecule has 2 rings (SSSR count). The van der Waals surface area contributed by atoms with E-state index in [-0.39, 0.29) is 0 Å². The number of aryl methyl sites for hydroxylation is 1. The lowest BCUT2D eigenvalue weighted by Gasteiger charge is -2.12. The quantitative estimate of drug-likeness (QED) is 0.842. The lowest BCUT2D eigenvalue weighted by atomic mass is 10.1. The molecule has 112 valence electrons. The minimum atomic E-state index is 0.409. The molecule has 5 heteroatoms. The van der Waals surface area contributed by atoms with Gasteiger partial charge in [0.25, 0.3) is 5.88 Å². The normalized spacial score (nSPS) is 10.2. The summed E-state index contributed by atoms with van der Waals surface area (Å²) < 4.78 is 11.2. The maximum absolute atomic E-state index is 5.80. The van der Waals surface area contributed by atoms with E-state index in [1.165, 1.54) is 11.9 Å². The van der Waals surface area contributed by atoms with Crippen molar-refractivity contribution in [3.63, 3.8) is 0 Å². The van der Waals surface area contributed by atoms with Crippen molar-refractivity contribution >= 4 is 5.82 Å². The van der Waals surface area contributed by atoms with Gasteiger partial charge in [-0.2, -0.15) is 4.98 Å². The molecule has 0 aliphatic rings. The van der Waals surface area contributed by atoms with Gasteiger partial charge >= 0.3 is 0 Å². The Bertz CT molecular complexity index is 570. The molecule has 1 aromatic carbocycles. The predicted molar refractivity (Wildman–Crippen MR) is 83.3 cm³/mol. The lowest BCUT2D eigenvalue weighted by molar-refractivity contribution is 0.369. The second kappa shape index (κ2) is 7.47. The molecular formula is C16H21N3O2. The highest BCUT2D eigenvalue weighted by atomic mass is 16.5. The van der Waals surface area contributed by atoms with Crippen LogP contribution in [0, 0.1) is 0 Å². The van der Waals surface area contributed by atoms with Crippen LogP contribution in [0.25, 0.3) is 0 Å². The second-order valence-electron chi connectivity index (χ2n) is 4.59. The Balaban J connectivity index is 2.20. The molecule has 0 aliphatic carbocycles. The van der Waals surface area contributed by atoms with E-state index in [4.69, 9.17) is 9.47 Å². The van der Waals surface area contributed by atoms with Crippen LogP contribution in [0.4, 0.5) is 5.82 Å². The van der Waals surface area contributed by atoms with E-state index in [0.29, 0.717) is 17.4 Å². The first-order chi connectivity index (χ1) is 10.3. The first-order valence-corrected chi connectivity index (χ1v) is 7.18. The van der Waals surface area contributed by atoms with E-state index in [1.54, 1.807) is 7.11 Å². The molecule has 1 N–H and O–H groups in total. The molecule has 2 aromatic rings. The Morgan fingerprint density at radius 3 is 2.48 bits per heavy atom. The van der Waals surface area contributed by atoms with Crippen LogP contribution in [-0.2, 0) is 6.42 Å². The molecule has 0 atom stereocenters. The summed E-state index contributed by atoms with van der Waals surface area (Å²) in [6, 6.07) is 8.02. The van der Waals surface area contributed by atoms with Crippen molar-refractivity contribution < 1.29 is 9.47 Å². The number of anilines is 1. The summed E-state index contributed by atoms with van der Waals surface area (Å²) in [5.41, 5.74) is 1.30. The van der Waals surface area contributed by atoms with E-state index in [0.717, 1.165) is 25.1 Å². The summed E-state index contributed by atoms with van der Waals surface area (Å²) >= 11 is 0. The van der Waals surface area contributed by atoms with Crippen molar-refractivity contribution in [3.05, 3.63) is 36.2 Å². The third kappa shape index (κ3) is 3.84.